The van der Waals surface area contributed by atoms with Crippen molar-refractivity contribution < 1.29 is 19.8 Å². The van der Waals surface area contributed by atoms with Crippen molar-refractivity contribution in [2.75, 3.05) is 19.7 Å². The van der Waals surface area contributed by atoms with E-state index in [0.29, 0.717) is 25.9 Å². The molecule has 0 spiro atoms. The Balaban J connectivity index is 1.98. The molecule has 0 aromatic carbocycles. The van der Waals surface area contributed by atoms with Gasteiger partial charge in [-0.2, -0.15) is 0 Å². The van der Waals surface area contributed by atoms with E-state index in [2.05, 4.69) is 0 Å². The van der Waals surface area contributed by atoms with Crippen LogP contribution in [0.1, 0.15) is 44.9 Å². The van der Waals surface area contributed by atoms with Crippen molar-refractivity contribution in [2.45, 2.75) is 44.9 Å². The Morgan fingerprint density at radius 2 is 1.89 bits per heavy atom. The second kappa shape index (κ2) is 5.90. The van der Waals surface area contributed by atoms with E-state index in [-0.39, 0.29) is 24.9 Å². The summed E-state index contributed by atoms with van der Waals surface area (Å²) in [6.07, 6.45) is 5.05. The number of nitrogens with zero attached hydrogens (tertiary/aromatic N) is 1. The van der Waals surface area contributed by atoms with Crippen molar-refractivity contribution in [1.82, 2.24) is 4.90 Å². The Labute approximate surface area is 113 Å². The maximum atomic E-state index is 12.3. The van der Waals surface area contributed by atoms with Gasteiger partial charge < -0.3 is 15.1 Å². The molecule has 1 heterocycles. The monoisotopic (exact) mass is 269 g/mol. The van der Waals surface area contributed by atoms with Gasteiger partial charge in [-0.3, -0.25) is 9.59 Å². The van der Waals surface area contributed by atoms with Gasteiger partial charge in [-0.05, 0) is 19.3 Å². The van der Waals surface area contributed by atoms with E-state index in [9.17, 15) is 14.7 Å². The number of aliphatic hydroxyl groups is 1. The SMILES string of the molecule is O=C(CC1(C(=O)O)CCCCC1)N1CCC(CO)C1. The first-order valence-corrected chi connectivity index (χ1v) is 7.19. The van der Waals surface area contributed by atoms with Crippen LogP contribution < -0.4 is 0 Å². The van der Waals surface area contributed by atoms with Crippen molar-refractivity contribution in [3.8, 4) is 0 Å². The summed E-state index contributed by atoms with van der Waals surface area (Å²) in [6, 6.07) is 0. The number of aliphatic hydroxyl groups excluding tert-OH is 1. The smallest absolute Gasteiger partial charge is 0.310 e. The Morgan fingerprint density at radius 1 is 1.21 bits per heavy atom. The Morgan fingerprint density at radius 3 is 2.42 bits per heavy atom. The standard InChI is InChI=1S/C14H23NO4/c16-10-11-4-7-15(9-11)12(17)8-14(13(18)19)5-2-1-3-6-14/h11,16H,1-10H2,(H,18,19). The van der Waals surface area contributed by atoms with Crippen molar-refractivity contribution in [2.24, 2.45) is 11.3 Å². The zero-order valence-electron chi connectivity index (χ0n) is 11.3. The predicted molar refractivity (Wildman–Crippen MR) is 69.5 cm³/mol. The molecular weight excluding hydrogens is 246 g/mol. The highest BCUT2D eigenvalue weighted by Crippen LogP contribution is 2.40. The predicted octanol–water partition coefficient (Wildman–Crippen LogP) is 1.25. The number of hydrogen-bond donors (Lipinski definition) is 2. The second-order valence-corrected chi connectivity index (χ2v) is 6.00. The first-order valence-electron chi connectivity index (χ1n) is 7.19. The molecule has 1 aliphatic heterocycles. The van der Waals surface area contributed by atoms with Crippen LogP contribution in [0.3, 0.4) is 0 Å². The van der Waals surface area contributed by atoms with Gasteiger partial charge in [0.15, 0.2) is 0 Å². The van der Waals surface area contributed by atoms with E-state index >= 15 is 0 Å². The Bertz CT molecular complexity index is 349. The minimum absolute atomic E-state index is 0.0553. The van der Waals surface area contributed by atoms with Gasteiger partial charge in [0, 0.05) is 32.0 Å². The second-order valence-electron chi connectivity index (χ2n) is 6.00. The molecule has 19 heavy (non-hydrogen) atoms. The maximum absolute atomic E-state index is 12.3. The number of likely N-dealkylation sites (tertiary alicyclic amines) is 1. The molecule has 0 bridgehead atoms. The van der Waals surface area contributed by atoms with Crippen LogP contribution in [-0.4, -0.2) is 46.7 Å². The van der Waals surface area contributed by atoms with Crippen LogP contribution in [0.2, 0.25) is 0 Å². The molecule has 5 heteroatoms. The Kier molecular flexibility index (Phi) is 4.45. The number of amides is 1. The van der Waals surface area contributed by atoms with Gasteiger partial charge in [0.1, 0.15) is 0 Å². The molecule has 0 radical (unpaired) electrons. The molecule has 2 rings (SSSR count). The van der Waals surface area contributed by atoms with Gasteiger partial charge in [-0.25, -0.2) is 0 Å². The van der Waals surface area contributed by atoms with Crippen LogP contribution in [0.25, 0.3) is 0 Å². The molecule has 1 saturated carbocycles. The number of carbonyl (C=O) groups excluding carboxylic acids is 1. The molecule has 0 aromatic heterocycles. The minimum atomic E-state index is -0.841. The third-order valence-corrected chi connectivity index (χ3v) is 4.65. The van der Waals surface area contributed by atoms with E-state index in [1.807, 2.05) is 0 Å². The third-order valence-electron chi connectivity index (χ3n) is 4.65. The van der Waals surface area contributed by atoms with Gasteiger partial charge in [0.25, 0.3) is 0 Å². The van der Waals surface area contributed by atoms with Crippen LogP contribution >= 0.6 is 0 Å². The highest BCUT2D eigenvalue weighted by Gasteiger charge is 2.42. The van der Waals surface area contributed by atoms with Gasteiger partial charge >= 0.3 is 5.97 Å². The van der Waals surface area contributed by atoms with Crippen molar-refractivity contribution in [3.05, 3.63) is 0 Å². The van der Waals surface area contributed by atoms with Gasteiger partial charge in [0.05, 0.1) is 5.41 Å². The number of carboxylic acid groups (broad SMARTS) is 1. The van der Waals surface area contributed by atoms with Crippen LogP contribution in [-0.2, 0) is 9.59 Å². The molecule has 1 unspecified atom stereocenters. The van der Waals surface area contributed by atoms with E-state index in [1.165, 1.54) is 0 Å². The quantitative estimate of drug-likeness (QED) is 0.805. The molecule has 1 aliphatic carbocycles. The number of carbonyl (C=O) groups is 2. The van der Waals surface area contributed by atoms with Gasteiger partial charge in [0.2, 0.25) is 5.91 Å². The summed E-state index contributed by atoms with van der Waals surface area (Å²) in [7, 11) is 0. The lowest BCUT2D eigenvalue weighted by Crippen LogP contribution is -2.40. The topological polar surface area (TPSA) is 77.8 Å². The van der Waals surface area contributed by atoms with Crippen molar-refractivity contribution >= 4 is 11.9 Å². The van der Waals surface area contributed by atoms with Gasteiger partial charge in [-0.15, -0.1) is 0 Å². The van der Waals surface area contributed by atoms with Crippen molar-refractivity contribution in [1.29, 1.82) is 0 Å². The van der Waals surface area contributed by atoms with E-state index in [4.69, 9.17) is 5.11 Å². The molecule has 2 aliphatic rings. The number of carboxylic acids is 1. The number of hydrogen-bond acceptors (Lipinski definition) is 3. The molecular formula is C14H23NO4. The average Bonchev–Trinajstić information content (AvgIpc) is 2.88. The molecule has 1 saturated heterocycles. The maximum Gasteiger partial charge on any atom is 0.310 e. The molecule has 2 N–H and O–H groups in total. The van der Waals surface area contributed by atoms with Crippen molar-refractivity contribution in [3.63, 3.8) is 0 Å². The minimum Gasteiger partial charge on any atom is -0.481 e. The van der Waals surface area contributed by atoms with Crippen LogP contribution in [0.4, 0.5) is 0 Å². The van der Waals surface area contributed by atoms with Crippen LogP contribution in [0.15, 0.2) is 0 Å². The summed E-state index contributed by atoms with van der Waals surface area (Å²) in [5.41, 5.74) is -0.841. The molecule has 1 atom stereocenters. The highest BCUT2D eigenvalue weighted by atomic mass is 16.4. The average molecular weight is 269 g/mol. The fourth-order valence-corrected chi connectivity index (χ4v) is 3.30. The molecule has 5 nitrogen and oxygen atoms in total. The van der Waals surface area contributed by atoms with Crippen LogP contribution in [0.5, 0.6) is 0 Å². The lowest BCUT2D eigenvalue weighted by Gasteiger charge is -2.33. The van der Waals surface area contributed by atoms with E-state index in [1.54, 1.807) is 4.90 Å². The summed E-state index contributed by atoms with van der Waals surface area (Å²) in [6.45, 7) is 1.33. The normalized spacial score (nSPS) is 26.4. The largest absolute Gasteiger partial charge is 0.481 e. The lowest BCUT2D eigenvalue weighted by atomic mass is 9.71. The zero-order chi connectivity index (χ0) is 13.9. The summed E-state index contributed by atoms with van der Waals surface area (Å²) >= 11 is 0. The molecule has 108 valence electrons. The van der Waals surface area contributed by atoms with Crippen LogP contribution in [0, 0.1) is 11.3 Å². The first kappa shape index (κ1) is 14.3. The summed E-state index contributed by atoms with van der Waals surface area (Å²) in [5.74, 6) is -0.713. The highest BCUT2D eigenvalue weighted by molar-refractivity contribution is 5.85. The summed E-state index contributed by atoms with van der Waals surface area (Å²) in [4.78, 5) is 25.5. The van der Waals surface area contributed by atoms with E-state index in [0.717, 1.165) is 25.7 Å². The van der Waals surface area contributed by atoms with E-state index < -0.39 is 11.4 Å². The summed E-state index contributed by atoms with van der Waals surface area (Å²) < 4.78 is 0. The number of aliphatic carboxylic acids is 1. The Hall–Kier alpha value is -1.10. The molecule has 1 amide bonds. The molecule has 0 aromatic rings. The first-order chi connectivity index (χ1) is 9.07. The summed E-state index contributed by atoms with van der Waals surface area (Å²) in [5, 5.41) is 18.6. The lowest BCUT2D eigenvalue weighted by molar-refractivity contribution is -0.155. The fraction of sp³-hybridized carbons (Fsp3) is 0.857. The third kappa shape index (κ3) is 3.08. The zero-order valence-corrected chi connectivity index (χ0v) is 11.3. The molecule has 2 fully saturated rings. The fourth-order valence-electron chi connectivity index (χ4n) is 3.30. The van der Waals surface area contributed by atoms with Gasteiger partial charge in [-0.1, -0.05) is 19.3 Å². The number of rotatable bonds is 4.